The van der Waals surface area contributed by atoms with Gasteiger partial charge in [-0.15, -0.1) is 0 Å². The number of hydrogen-bond donors (Lipinski definition) is 2. The number of carbonyl (C=O) groups is 1. The van der Waals surface area contributed by atoms with Crippen LogP contribution < -0.4 is 10.1 Å². The van der Waals surface area contributed by atoms with Gasteiger partial charge in [-0.05, 0) is 43.2 Å². The third-order valence-corrected chi connectivity index (χ3v) is 3.17. The van der Waals surface area contributed by atoms with Crippen molar-refractivity contribution in [3.8, 4) is 5.75 Å². The highest BCUT2D eigenvalue weighted by atomic mass is 16.5. The van der Waals surface area contributed by atoms with Crippen LogP contribution in [0.15, 0.2) is 42.5 Å². The summed E-state index contributed by atoms with van der Waals surface area (Å²) in [4.78, 5) is 11.2. The van der Waals surface area contributed by atoms with Crippen LogP contribution in [0.25, 0.3) is 0 Å². The molecule has 4 nitrogen and oxygen atoms in total. The molecule has 4 heteroatoms. The number of nitrogens with one attached hydrogen (secondary N) is 1. The molecule has 0 spiro atoms. The number of rotatable bonds is 6. The summed E-state index contributed by atoms with van der Waals surface area (Å²) in [7, 11) is 0. The van der Waals surface area contributed by atoms with Gasteiger partial charge in [-0.3, -0.25) is 0 Å². The highest BCUT2D eigenvalue weighted by molar-refractivity contribution is 5.95. The smallest absolute Gasteiger partial charge is 0.337 e. The van der Waals surface area contributed by atoms with Crippen LogP contribution in [0.1, 0.15) is 21.5 Å². The Morgan fingerprint density at radius 2 is 1.95 bits per heavy atom. The molecular formula is C17H19NO3. The van der Waals surface area contributed by atoms with Crippen molar-refractivity contribution in [2.24, 2.45) is 0 Å². The van der Waals surface area contributed by atoms with Crippen molar-refractivity contribution in [3.63, 3.8) is 0 Å². The second-order valence-corrected chi connectivity index (χ2v) is 4.89. The summed E-state index contributed by atoms with van der Waals surface area (Å²) in [5.74, 6) is -0.110. The molecule has 2 rings (SSSR count). The molecule has 0 radical (unpaired) electrons. The molecule has 0 saturated heterocycles. The summed E-state index contributed by atoms with van der Waals surface area (Å²) in [6.07, 6.45) is 0. The van der Waals surface area contributed by atoms with Gasteiger partial charge in [-0.25, -0.2) is 4.79 Å². The maximum Gasteiger partial charge on any atom is 0.337 e. The molecule has 0 heterocycles. The molecule has 0 aromatic heterocycles. The molecular weight excluding hydrogens is 266 g/mol. The van der Waals surface area contributed by atoms with E-state index in [0.29, 0.717) is 18.8 Å². The minimum atomic E-state index is -0.930. The van der Waals surface area contributed by atoms with Crippen LogP contribution in [-0.2, 0) is 0 Å². The van der Waals surface area contributed by atoms with E-state index in [1.807, 2.05) is 44.2 Å². The van der Waals surface area contributed by atoms with Crippen molar-refractivity contribution in [2.45, 2.75) is 13.8 Å². The molecule has 0 bridgehead atoms. The van der Waals surface area contributed by atoms with Crippen molar-refractivity contribution in [3.05, 3.63) is 59.2 Å². The predicted octanol–water partition coefficient (Wildman–Crippen LogP) is 3.49. The quantitative estimate of drug-likeness (QED) is 0.798. The van der Waals surface area contributed by atoms with Crippen LogP contribution in [0.4, 0.5) is 5.69 Å². The zero-order chi connectivity index (χ0) is 15.2. The van der Waals surface area contributed by atoms with Gasteiger partial charge in [-0.2, -0.15) is 0 Å². The van der Waals surface area contributed by atoms with Gasteiger partial charge in [-0.1, -0.05) is 24.3 Å². The average Bonchev–Trinajstić information content (AvgIpc) is 2.44. The van der Waals surface area contributed by atoms with E-state index in [1.165, 1.54) is 0 Å². The third-order valence-electron chi connectivity index (χ3n) is 3.17. The van der Waals surface area contributed by atoms with E-state index in [9.17, 15) is 9.90 Å². The van der Waals surface area contributed by atoms with Crippen molar-refractivity contribution in [1.29, 1.82) is 0 Å². The molecule has 0 saturated carbocycles. The molecule has 21 heavy (non-hydrogen) atoms. The second kappa shape index (κ2) is 6.79. The average molecular weight is 285 g/mol. The fourth-order valence-electron chi connectivity index (χ4n) is 2.13. The summed E-state index contributed by atoms with van der Waals surface area (Å²) in [5, 5.41) is 12.3. The Kier molecular flexibility index (Phi) is 4.82. The van der Waals surface area contributed by atoms with E-state index >= 15 is 0 Å². The molecule has 0 atom stereocenters. The van der Waals surface area contributed by atoms with E-state index in [1.54, 1.807) is 12.1 Å². The van der Waals surface area contributed by atoms with Gasteiger partial charge in [0.1, 0.15) is 12.4 Å². The van der Waals surface area contributed by atoms with Gasteiger partial charge in [0.05, 0.1) is 11.3 Å². The normalized spacial score (nSPS) is 10.2. The molecule has 0 aliphatic heterocycles. The van der Waals surface area contributed by atoms with E-state index < -0.39 is 5.97 Å². The number of anilines is 1. The first-order chi connectivity index (χ1) is 10.1. The van der Waals surface area contributed by atoms with Gasteiger partial charge < -0.3 is 15.2 Å². The minimum absolute atomic E-state index is 0.283. The van der Waals surface area contributed by atoms with Crippen LogP contribution in [0, 0.1) is 13.8 Å². The lowest BCUT2D eigenvalue weighted by Crippen LogP contribution is -2.15. The summed E-state index contributed by atoms with van der Waals surface area (Å²) in [6.45, 7) is 4.91. The first-order valence-electron chi connectivity index (χ1n) is 6.84. The Morgan fingerprint density at radius 1 is 1.19 bits per heavy atom. The molecule has 0 aliphatic rings. The number of carboxylic acids is 1. The number of hydrogen-bond acceptors (Lipinski definition) is 3. The summed E-state index contributed by atoms with van der Waals surface area (Å²) in [6, 6.07) is 13.1. The summed E-state index contributed by atoms with van der Waals surface area (Å²) < 4.78 is 5.64. The van der Waals surface area contributed by atoms with Crippen molar-refractivity contribution < 1.29 is 14.6 Å². The van der Waals surface area contributed by atoms with Gasteiger partial charge in [0, 0.05) is 6.54 Å². The highest BCUT2D eigenvalue weighted by Gasteiger charge is 2.11. The van der Waals surface area contributed by atoms with Crippen LogP contribution in [0.5, 0.6) is 5.75 Å². The number of aromatic carboxylic acids is 1. The van der Waals surface area contributed by atoms with Crippen LogP contribution in [0.2, 0.25) is 0 Å². The Labute approximate surface area is 124 Å². The fraction of sp³-hybridized carbons (Fsp3) is 0.235. The first-order valence-corrected chi connectivity index (χ1v) is 6.84. The maximum absolute atomic E-state index is 11.2. The maximum atomic E-state index is 11.2. The highest BCUT2D eigenvalue weighted by Crippen LogP contribution is 2.20. The Bertz CT molecular complexity index is 638. The molecule has 0 amide bonds. The number of aryl methyl sites for hydroxylation is 2. The third kappa shape index (κ3) is 3.99. The van der Waals surface area contributed by atoms with Gasteiger partial charge >= 0.3 is 5.97 Å². The summed E-state index contributed by atoms with van der Waals surface area (Å²) >= 11 is 0. The lowest BCUT2D eigenvalue weighted by molar-refractivity contribution is 0.0698. The lowest BCUT2D eigenvalue weighted by atomic mass is 10.1. The van der Waals surface area contributed by atoms with Crippen molar-refractivity contribution in [2.75, 3.05) is 18.5 Å². The number of carboxylic acid groups (broad SMARTS) is 1. The van der Waals surface area contributed by atoms with E-state index in [4.69, 9.17) is 4.74 Å². The zero-order valence-electron chi connectivity index (χ0n) is 12.2. The van der Waals surface area contributed by atoms with Crippen molar-refractivity contribution >= 4 is 11.7 Å². The number of para-hydroxylation sites is 1. The minimum Gasteiger partial charge on any atom is -0.492 e. The monoisotopic (exact) mass is 285 g/mol. The summed E-state index contributed by atoms with van der Waals surface area (Å²) in [5.41, 5.74) is 2.99. The largest absolute Gasteiger partial charge is 0.492 e. The molecule has 110 valence electrons. The van der Waals surface area contributed by atoms with Crippen LogP contribution in [0.3, 0.4) is 0 Å². The van der Waals surface area contributed by atoms with Crippen molar-refractivity contribution in [1.82, 2.24) is 0 Å². The number of ether oxygens (including phenoxy) is 1. The van der Waals surface area contributed by atoms with Gasteiger partial charge in [0.2, 0.25) is 0 Å². The molecule has 2 aromatic carbocycles. The molecule has 0 fully saturated rings. The van der Waals surface area contributed by atoms with Gasteiger partial charge in [0.15, 0.2) is 0 Å². The SMILES string of the molecule is Cc1cccc(OCCNc2c(C)cccc2C(=O)O)c1. The van der Waals surface area contributed by atoms with Gasteiger partial charge in [0.25, 0.3) is 0 Å². The van der Waals surface area contributed by atoms with Crippen LogP contribution in [-0.4, -0.2) is 24.2 Å². The van der Waals surface area contributed by atoms with E-state index in [2.05, 4.69) is 5.32 Å². The topological polar surface area (TPSA) is 58.6 Å². The molecule has 0 aliphatic carbocycles. The molecule has 0 unspecified atom stereocenters. The second-order valence-electron chi connectivity index (χ2n) is 4.89. The predicted molar refractivity (Wildman–Crippen MR) is 83.3 cm³/mol. The number of benzene rings is 2. The fourth-order valence-corrected chi connectivity index (χ4v) is 2.13. The van der Waals surface area contributed by atoms with E-state index in [-0.39, 0.29) is 5.56 Å². The Morgan fingerprint density at radius 3 is 2.67 bits per heavy atom. The standard InChI is InChI=1S/C17H19NO3/c1-12-5-3-7-14(11-12)21-10-9-18-16-13(2)6-4-8-15(16)17(19)20/h3-8,11,18H,9-10H2,1-2H3,(H,19,20). The molecule has 2 N–H and O–H groups in total. The Hall–Kier alpha value is -2.49. The lowest BCUT2D eigenvalue weighted by Gasteiger charge is -2.13. The van der Waals surface area contributed by atoms with E-state index in [0.717, 1.165) is 16.9 Å². The zero-order valence-corrected chi connectivity index (χ0v) is 12.2. The Balaban J connectivity index is 1.93. The first kappa shape index (κ1) is 14.9. The van der Waals surface area contributed by atoms with Crippen LogP contribution >= 0.6 is 0 Å². The molecule has 2 aromatic rings.